The van der Waals surface area contributed by atoms with Crippen molar-refractivity contribution in [3.63, 3.8) is 0 Å². The molecule has 0 amide bonds. The highest BCUT2D eigenvalue weighted by atomic mass is 16.5. The number of hydrogen-bond acceptors (Lipinski definition) is 3. The Morgan fingerprint density at radius 2 is 2.31 bits per heavy atom. The van der Waals surface area contributed by atoms with Gasteiger partial charge in [-0.25, -0.2) is 0 Å². The molecule has 2 rings (SSSR count). The van der Waals surface area contributed by atoms with Gasteiger partial charge in [0.05, 0.1) is 6.61 Å². The minimum absolute atomic E-state index is 0.317. The van der Waals surface area contributed by atoms with Crippen LogP contribution >= 0.6 is 0 Å². The third-order valence-electron chi connectivity index (χ3n) is 3.06. The molecule has 0 saturated carbocycles. The molecule has 2 heterocycles. The first-order valence-electron chi connectivity index (χ1n) is 5.32. The number of likely N-dealkylation sites (tertiary alicyclic amines) is 1. The van der Waals surface area contributed by atoms with E-state index in [1.54, 1.807) is 0 Å². The number of ether oxygens (including phenoxy) is 1. The fraction of sp³-hybridized carbons (Fsp3) is 1.00. The molecule has 3 nitrogen and oxygen atoms in total. The molecule has 0 aromatic heterocycles. The highest BCUT2D eigenvalue weighted by Gasteiger charge is 2.31. The summed E-state index contributed by atoms with van der Waals surface area (Å²) in [4.78, 5) is 2.40. The fourth-order valence-electron chi connectivity index (χ4n) is 2.35. The van der Waals surface area contributed by atoms with Crippen LogP contribution in [0.3, 0.4) is 0 Å². The van der Waals surface area contributed by atoms with Crippen LogP contribution in [0.5, 0.6) is 0 Å². The minimum atomic E-state index is 0.317. The molecule has 3 heteroatoms. The number of nitrogens with one attached hydrogen (secondary N) is 1. The van der Waals surface area contributed by atoms with Crippen molar-refractivity contribution < 1.29 is 4.74 Å². The molecule has 3 atom stereocenters. The predicted molar refractivity (Wildman–Crippen MR) is 52.6 cm³/mol. The van der Waals surface area contributed by atoms with Crippen molar-refractivity contribution in [1.29, 1.82) is 0 Å². The van der Waals surface area contributed by atoms with E-state index in [2.05, 4.69) is 24.2 Å². The van der Waals surface area contributed by atoms with Gasteiger partial charge in [-0.05, 0) is 33.4 Å². The van der Waals surface area contributed by atoms with Crippen molar-refractivity contribution in [2.45, 2.75) is 32.0 Å². The van der Waals surface area contributed by atoms with Gasteiger partial charge >= 0.3 is 0 Å². The summed E-state index contributed by atoms with van der Waals surface area (Å²) in [6, 6.07) is 0.539. The Balaban J connectivity index is 1.85. The molecule has 1 N–H and O–H groups in total. The molecule has 3 unspecified atom stereocenters. The Morgan fingerprint density at radius 3 is 2.92 bits per heavy atom. The normalized spacial score (nSPS) is 42.5. The molecule has 13 heavy (non-hydrogen) atoms. The Bertz CT molecular complexity index is 174. The molecule has 0 aromatic rings. The first-order valence-corrected chi connectivity index (χ1v) is 5.32. The molecule has 2 aliphatic rings. The fourth-order valence-corrected chi connectivity index (χ4v) is 2.35. The molecule has 2 fully saturated rings. The van der Waals surface area contributed by atoms with Gasteiger partial charge in [0.2, 0.25) is 0 Å². The zero-order valence-corrected chi connectivity index (χ0v) is 8.62. The van der Waals surface area contributed by atoms with Gasteiger partial charge in [-0.3, -0.25) is 5.32 Å². The molecule has 0 aliphatic carbocycles. The van der Waals surface area contributed by atoms with Crippen molar-refractivity contribution in [1.82, 2.24) is 10.2 Å². The second-order valence-electron chi connectivity index (χ2n) is 4.49. The molecular formula is C10H20N2O. The number of hydrogen-bond donors (Lipinski definition) is 1. The van der Waals surface area contributed by atoms with Crippen molar-refractivity contribution in [2.24, 2.45) is 5.92 Å². The minimum Gasteiger partial charge on any atom is -0.361 e. The van der Waals surface area contributed by atoms with Crippen LogP contribution in [0.25, 0.3) is 0 Å². The van der Waals surface area contributed by atoms with Crippen molar-refractivity contribution in [2.75, 3.05) is 26.7 Å². The maximum absolute atomic E-state index is 5.72. The zero-order chi connectivity index (χ0) is 9.26. The summed E-state index contributed by atoms with van der Waals surface area (Å²) in [5, 5.41) is 3.50. The predicted octanol–water partition coefficient (Wildman–Crippen LogP) is 0.663. The number of rotatable bonds is 1. The second kappa shape index (κ2) is 3.95. The summed E-state index contributed by atoms with van der Waals surface area (Å²) < 4.78 is 5.72. The van der Waals surface area contributed by atoms with E-state index in [4.69, 9.17) is 4.74 Å². The average Bonchev–Trinajstić information content (AvgIpc) is 2.52. The maximum Gasteiger partial charge on any atom is 0.112 e. The number of piperidine rings is 1. The van der Waals surface area contributed by atoms with Gasteiger partial charge in [0.1, 0.15) is 6.23 Å². The number of nitrogens with zero attached hydrogens (tertiary/aromatic N) is 1. The molecule has 0 spiro atoms. The summed E-state index contributed by atoms with van der Waals surface area (Å²) in [7, 11) is 2.20. The average molecular weight is 184 g/mol. The van der Waals surface area contributed by atoms with E-state index in [0.29, 0.717) is 18.2 Å². The van der Waals surface area contributed by atoms with Crippen LogP contribution in [0, 0.1) is 5.92 Å². The van der Waals surface area contributed by atoms with Crippen molar-refractivity contribution in [3.8, 4) is 0 Å². The summed E-state index contributed by atoms with van der Waals surface area (Å²) in [5.41, 5.74) is 0. The summed E-state index contributed by atoms with van der Waals surface area (Å²) in [6.07, 6.45) is 2.95. The molecule has 0 radical (unpaired) electrons. The third kappa shape index (κ3) is 2.22. The molecule has 2 aliphatic heterocycles. The molecule has 2 saturated heterocycles. The van der Waals surface area contributed by atoms with Gasteiger partial charge in [0.15, 0.2) is 0 Å². The van der Waals surface area contributed by atoms with Crippen molar-refractivity contribution >= 4 is 0 Å². The quantitative estimate of drug-likeness (QED) is 0.648. The zero-order valence-electron chi connectivity index (χ0n) is 8.62. The van der Waals surface area contributed by atoms with Crippen LogP contribution in [0.4, 0.5) is 0 Å². The van der Waals surface area contributed by atoms with Crippen molar-refractivity contribution in [3.05, 3.63) is 0 Å². The van der Waals surface area contributed by atoms with Crippen LogP contribution in [0.15, 0.2) is 0 Å². The Labute approximate surface area is 80.4 Å². The molecular weight excluding hydrogens is 164 g/mol. The van der Waals surface area contributed by atoms with Gasteiger partial charge < -0.3 is 9.64 Å². The Kier molecular flexibility index (Phi) is 2.86. The van der Waals surface area contributed by atoms with E-state index in [0.717, 1.165) is 6.61 Å². The highest BCUT2D eigenvalue weighted by molar-refractivity contribution is 4.82. The smallest absolute Gasteiger partial charge is 0.112 e. The van der Waals surface area contributed by atoms with E-state index >= 15 is 0 Å². The lowest BCUT2D eigenvalue weighted by Crippen LogP contribution is -2.43. The lowest BCUT2D eigenvalue weighted by Gasteiger charge is -2.32. The van der Waals surface area contributed by atoms with E-state index in [1.807, 2.05) is 0 Å². The maximum atomic E-state index is 5.72. The Morgan fingerprint density at radius 1 is 1.46 bits per heavy atom. The van der Waals surface area contributed by atoms with Crippen LogP contribution in [-0.4, -0.2) is 43.9 Å². The molecule has 0 aromatic carbocycles. The summed E-state index contributed by atoms with van der Waals surface area (Å²) in [5.74, 6) is 0.698. The van der Waals surface area contributed by atoms with Gasteiger partial charge in [0.25, 0.3) is 0 Å². The standard InChI is InChI=1S/C10H20N2O/c1-8-7-13-10(11-8)9-4-3-5-12(2)6-9/h8-11H,3-7H2,1-2H3. The first-order chi connectivity index (χ1) is 6.25. The lowest BCUT2D eigenvalue weighted by molar-refractivity contribution is 0.0214. The molecule has 0 bridgehead atoms. The monoisotopic (exact) mass is 184 g/mol. The topological polar surface area (TPSA) is 24.5 Å². The van der Waals surface area contributed by atoms with E-state index in [1.165, 1.54) is 25.9 Å². The van der Waals surface area contributed by atoms with Gasteiger partial charge in [0, 0.05) is 18.5 Å². The Hall–Kier alpha value is -0.120. The highest BCUT2D eigenvalue weighted by Crippen LogP contribution is 2.22. The van der Waals surface area contributed by atoms with Crippen LogP contribution in [0.2, 0.25) is 0 Å². The van der Waals surface area contributed by atoms with Crippen LogP contribution < -0.4 is 5.32 Å². The SMILES string of the molecule is CC1COC(C2CCCN(C)C2)N1. The summed E-state index contributed by atoms with van der Waals surface area (Å²) in [6.45, 7) is 5.50. The second-order valence-corrected chi connectivity index (χ2v) is 4.49. The van der Waals surface area contributed by atoms with Gasteiger partial charge in [-0.2, -0.15) is 0 Å². The lowest BCUT2D eigenvalue weighted by atomic mass is 9.97. The first kappa shape index (κ1) is 9.44. The van der Waals surface area contributed by atoms with E-state index < -0.39 is 0 Å². The van der Waals surface area contributed by atoms with E-state index in [-0.39, 0.29) is 0 Å². The summed E-state index contributed by atoms with van der Waals surface area (Å²) >= 11 is 0. The van der Waals surface area contributed by atoms with Crippen LogP contribution in [0.1, 0.15) is 19.8 Å². The van der Waals surface area contributed by atoms with Gasteiger partial charge in [-0.15, -0.1) is 0 Å². The third-order valence-corrected chi connectivity index (χ3v) is 3.06. The van der Waals surface area contributed by atoms with Crippen LogP contribution in [-0.2, 0) is 4.74 Å². The molecule has 76 valence electrons. The largest absolute Gasteiger partial charge is 0.361 e. The van der Waals surface area contributed by atoms with E-state index in [9.17, 15) is 0 Å². The van der Waals surface area contributed by atoms with Gasteiger partial charge in [-0.1, -0.05) is 0 Å².